The molecule has 0 aliphatic rings. The van der Waals surface area contributed by atoms with Gasteiger partial charge in [-0.15, -0.1) is 11.3 Å². The van der Waals surface area contributed by atoms with Gasteiger partial charge in [0.15, 0.2) is 5.82 Å². The summed E-state index contributed by atoms with van der Waals surface area (Å²) in [6, 6.07) is 49.3. The molecule has 3 heterocycles. The molecule has 0 saturated heterocycles. The van der Waals surface area contributed by atoms with E-state index in [1.807, 2.05) is 35.6 Å². The molecular weight excluding hydrogens is 531 g/mol. The van der Waals surface area contributed by atoms with Crippen molar-refractivity contribution in [1.82, 2.24) is 14.5 Å². The van der Waals surface area contributed by atoms with Gasteiger partial charge < -0.3 is 0 Å². The summed E-state index contributed by atoms with van der Waals surface area (Å²) < 4.78 is 4.97. The molecule has 6 aromatic carbocycles. The fraction of sp³-hybridized carbons (Fsp3) is 0. The fourth-order valence-corrected chi connectivity index (χ4v) is 7.56. The van der Waals surface area contributed by atoms with Crippen molar-refractivity contribution in [2.45, 2.75) is 0 Å². The van der Waals surface area contributed by atoms with Gasteiger partial charge in [-0.05, 0) is 23.6 Å². The predicted molar refractivity (Wildman–Crippen MR) is 178 cm³/mol. The number of aromatic nitrogens is 3. The van der Waals surface area contributed by atoms with Crippen molar-refractivity contribution < 1.29 is 0 Å². The highest BCUT2D eigenvalue weighted by Crippen LogP contribution is 2.43. The summed E-state index contributed by atoms with van der Waals surface area (Å²) in [6.45, 7) is 0. The van der Waals surface area contributed by atoms with E-state index in [9.17, 15) is 0 Å². The molecule has 0 N–H and O–H groups in total. The smallest absolute Gasteiger partial charge is 0.162 e. The lowest BCUT2D eigenvalue weighted by Gasteiger charge is -2.12. The lowest BCUT2D eigenvalue weighted by molar-refractivity contribution is 1.05. The Hall–Kier alpha value is -5.32. The maximum atomic E-state index is 5.18. The highest BCUT2D eigenvalue weighted by atomic mass is 32.1. The van der Waals surface area contributed by atoms with Crippen molar-refractivity contribution in [2.75, 3.05) is 0 Å². The zero-order chi connectivity index (χ0) is 27.6. The van der Waals surface area contributed by atoms with Crippen molar-refractivity contribution in [3.8, 4) is 28.5 Å². The SMILES string of the molecule is c1ccc(-c2cc(-n3c4ccccc4c4c5ccc6c7ccccc7sc6c5ccc43)nc(-c3ccccc3)n2)cc1. The van der Waals surface area contributed by atoms with E-state index in [2.05, 4.69) is 120 Å². The number of benzene rings is 6. The first-order valence-corrected chi connectivity index (χ1v) is 14.9. The third-order valence-electron chi connectivity index (χ3n) is 8.22. The maximum absolute atomic E-state index is 5.18. The number of para-hydroxylation sites is 1. The van der Waals surface area contributed by atoms with Crippen molar-refractivity contribution in [2.24, 2.45) is 0 Å². The second kappa shape index (κ2) is 9.10. The molecule has 9 aromatic rings. The van der Waals surface area contributed by atoms with Crippen molar-refractivity contribution in [3.05, 3.63) is 140 Å². The Morgan fingerprint density at radius 2 is 1.12 bits per heavy atom. The first-order chi connectivity index (χ1) is 20.8. The predicted octanol–water partition coefficient (Wildman–Crippen LogP) is 10.4. The van der Waals surface area contributed by atoms with Gasteiger partial charge in [0.1, 0.15) is 5.82 Å². The van der Waals surface area contributed by atoms with Crippen molar-refractivity contribution in [3.63, 3.8) is 0 Å². The normalized spacial score (nSPS) is 11.8. The van der Waals surface area contributed by atoms with Crippen LogP contribution in [0.5, 0.6) is 0 Å². The number of hydrogen-bond acceptors (Lipinski definition) is 3. The first-order valence-electron chi connectivity index (χ1n) is 14.1. The Bertz CT molecular complexity index is 2400. The molecule has 0 saturated carbocycles. The number of hydrogen-bond donors (Lipinski definition) is 0. The Labute approximate surface area is 246 Å². The van der Waals surface area contributed by atoms with Crippen LogP contribution in [0.3, 0.4) is 0 Å². The third kappa shape index (κ3) is 3.46. The Morgan fingerprint density at radius 1 is 0.476 bits per heavy atom. The molecule has 9 rings (SSSR count). The molecule has 0 bridgehead atoms. The molecular formula is C38H23N3S. The van der Waals surface area contributed by atoms with Gasteiger partial charge in [-0.1, -0.05) is 115 Å². The summed E-state index contributed by atoms with van der Waals surface area (Å²) in [5, 5.41) is 7.68. The van der Waals surface area contributed by atoms with E-state index < -0.39 is 0 Å². The number of thiophene rings is 1. The molecule has 3 aromatic heterocycles. The highest BCUT2D eigenvalue weighted by Gasteiger charge is 2.19. The van der Waals surface area contributed by atoms with Crippen LogP contribution in [0.25, 0.3) is 81.2 Å². The van der Waals surface area contributed by atoms with E-state index in [1.165, 1.54) is 41.7 Å². The van der Waals surface area contributed by atoms with Crippen LogP contribution in [0, 0.1) is 0 Å². The minimum atomic E-state index is 0.714. The van der Waals surface area contributed by atoms with Crippen LogP contribution in [0.2, 0.25) is 0 Å². The van der Waals surface area contributed by atoms with Crippen molar-refractivity contribution >= 4 is 64.1 Å². The molecule has 0 spiro atoms. The van der Waals surface area contributed by atoms with Crippen LogP contribution in [0.1, 0.15) is 0 Å². The van der Waals surface area contributed by atoms with E-state index in [1.54, 1.807) is 0 Å². The quantitative estimate of drug-likeness (QED) is 0.218. The lowest BCUT2D eigenvalue weighted by Crippen LogP contribution is -2.02. The van der Waals surface area contributed by atoms with E-state index in [0.29, 0.717) is 5.82 Å². The second-order valence-electron chi connectivity index (χ2n) is 10.6. The van der Waals surface area contributed by atoms with Gasteiger partial charge in [0.2, 0.25) is 0 Å². The first kappa shape index (κ1) is 23.4. The monoisotopic (exact) mass is 553 g/mol. The highest BCUT2D eigenvalue weighted by molar-refractivity contribution is 7.26. The zero-order valence-corrected chi connectivity index (χ0v) is 23.3. The van der Waals surface area contributed by atoms with Crippen LogP contribution in [0.4, 0.5) is 0 Å². The number of nitrogens with zero attached hydrogens (tertiary/aromatic N) is 3. The topological polar surface area (TPSA) is 30.7 Å². The molecule has 0 aliphatic carbocycles. The van der Waals surface area contributed by atoms with Crippen LogP contribution in [-0.4, -0.2) is 14.5 Å². The summed E-state index contributed by atoms with van der Waals surface area (Å²) in [5.74, 6) is 1.57. The fourth-order valence-electron chi connectivity index (χ4n) is 6.32. The molecule has 196 valence electrons. The molecule has 0 amide bonds. The second-order valence-corrected chi connectivity index (χ2v) is 11.7. The van der Waals surface area contributed by atoms with Gasteiger partial charge in [-0.3, -0.25) is 4.57 Å². The largest absolute Gasteiger partial charge is 0.294 e. The summed E-state index contributed by atoms with van der Waals surface area (Å²) in [7, 11) is 0. The van der Waals surface area contributed by atoms with E-state index >= 15 is 0 Å². The molecule has 0 unspecified atom stereocenters. The van der Waals surface area contributed by atoms with E-state index in [0.717, 1.165) is 33.7 Å². The van der Waals surface area contributed by atoms with E-state index in [-0.39, 0.29) is 0 Å². The summed E-state index contributed by atoms with van der Waals surface area (Å²) >= 11 is 1.88. The number of rotatable bonds is 3. The Kier molecular flexibility index (Phi) is 5.07. The molecule has 3 nitrogen and oxygen atoms in total. The summed E-state index contributed by atoms with van der Waals surface area (Å²) in [5.41, 5.74) is 5.24. The van der Waals surface area contributed by atoms with Gasteiger partial charge in [0, 0.05) is 53.5 Å². The molecule has 0 radical (unpaired) electrons. The molecule has 0 atom stereocenters. The van der Waals surface area contributed by atoms with Crippen LogP contribution in [-0.2, 0) is 0 Å². The average Bonchev–Trinajstić information content (AvgIpc) is 3.61. The van der Waals surface area contributed by atoms with Gasteiger partial charge in [-0.25, -0.2) is 9.97 Å². The van der Waals surface area contributed by atoms with Gasteiger partial charge in [-0.2, -0.15) is 0 Å². The van der Waals surface area contributed by atoms with Gasteiger partial charge >= 0.3 is 0 Å². The lowest BCUT2D eigenvalue weighted by atomic mass is 10.0. The van der Waals surface area contributed by atoms with Gasteiger partial charge in [0.05, 0.1) is 16.7 Å². The van der Waals surface area contributed by atoms with Crippen molar-refractivity contribution in [1.29, 1.82) is 0 Å². The number of fused-ring (bicyclic) bond motifs is 9. The van der Waals surface area contributed by atoms with E-state index in [4.69, 9.17) is 9.97 Å². The standard InChI is InChI=1S/C38H23N3S/c1-3-11-24(12-4-1)31-23-35(40-38(39-31)25-13-5-2-6-14-25)41-32-17-9-7-16-30(32)36-27-19-20-28-26-15-8-10-18-34(26)42-37(28)29(27)21-22-33(36)41/h1-23H. The average molecular weight is 554 g/mol. The molecule has 0 fully saturated rings. The molecule has 42 heavy (non-hydrogen) atoms. The summed E-state index contributed by atoms with van der Waals surface area (Å²) in [6.07, 6.45) is 0. The molecule has 0 aliphatic heterocycles. The molecule has 4 heteroatoms. The maximum Gasteiger partial charge on any atom is 0.162 e. The van der Waals surface area contributed by atoms with Crippen LogP contribution in [0.15, 0.2) is 140 Å². The zero-order valence-electron chi connectivity index (χ0n) is 22.5. The summed E-state index contributed by atoms with van der Waals surface area (Å²) in [4.78, 5) is 10.2. The Balaban J connectivity index is 1.38. The third-order valence-corrected chi connectivity index (χ3v) is 9.44. The van der Waals surface area contributed by atoms with Crippen LogP contribution < -0.4 is 0 Å². The van der Waals surface area contributed by atoms with Gasteiger partial charge in [0.25, 0.3) is 0 Å². The Morgan fingerprint density at radius 3 is 1.95 bits per heavy atom. The minimum absolute atomic E-state index is 0.714. The minimum Gasteiger partial charge on any atom is -0.294 e. The van der Waals surface area contributed by atoms with Crippen LogP contribution >= 0.6 is 11.3 Å².